The molecule has 0 spiro atoms. The van der Waals surface area contributed by atoms with Gasteiger partial charge in [-0.25, -0.2) is 9.78 Å². The molecule has 1 N–H and O–H groups in total. The molecule has 0 aliphatic carbocycles. The Bertz CT molecular complexity index is 694. The molecule has 2 aromatic rings. The number of amides is 1. The summed E-state index contributed by atoms with van der Waals surface area (Å²) in [4.78, 5) is 31.7. The maximum atomic E-state index is 12.8. The van der Waals surface area contributed by atoms with Gasteiger partial charge in [0.05, 0.1) is 10.6 Å². The third kappa shape index (κ3) is 2.78. The summed E-state index contributed by atoms with van der Waals surface area (Å²) in [6.45, 7) is 2.31. The first-order valence-corrected chi connectivity index (χ1v) is 8.82. The van der Waals surface area contributed by atoms with Crippen LogP contribution in [-0.2, 0) is 4.79 Å². The summed E-state index contributed by atoms with van der Waals surface area (Å²) in [5.41, 5.74) is 0.674. The van der Waals surface area contributed by atoms with Gasteiger partial charge in [-0.2, -0.15) is 0 Å². The van der Waals surface area contributed by atoms with E-state index in [0.29, 0.717) is 23.5 Å². The zero-order chi connectivity index (χ0) is 15.7. The van der Waals surface area contributed by atoms with Crippen LogP contribution in [-0.4, -0.2) is 39.5 Å². The number of aryl methyl sites for hydroxylation is 1. The average molecular weight is 336 g/mol. The number of carbonyl (C=O) groups excluding carboxylic acids is 1. The number of likely N-dealkylation sites (tertiary alicyclic amines) is 1. The van der Waals surface area contributed by atoms with Gasteiger partial charge in [-0.15, -0.1) is 22.7 Å². The highest BCUT2D eigenvalue weighted by Gasteiger charge is 2.34. The maximum absolute atomic E-state index is 12.8. The molecule has 2 aromatic heterocycles. The molecule has 116 valence electrons. The van der Waals surface area contributed by atoms with Crippen molar-refractivity contribution in [2.45, 2.75) is 32.2 Å². The Morgan fingerprint density at radius 2 is 2.23 bits per heavy atom. The van der Waals surface area contributed by atoms with Gasteiger partial charge in [0.2, 0.25) is 0 Å². The van der Waals surface area contributed by atoms with E-state index in [4.69, 9.17) is 0 Å². The van der Waals surface area contributed by atoms with Crippen molar-refractivity contribution in [2.24, 2.45) is 0 Å². The lowest BCUT2D eigenvalue weighted by Crippen LogP contribution is -2.47. The van der Waals surface area contributed by atoms with E-state index in [1.165, 1.54) is 16.2 Å². The Balaban J connectivity index is 1.90. The minimum absolute atomic E-state index is 0.204. The normalized spacial score (nSPS) is 18.4. The Morgan fingerprint density at radius 3 is 2.91 bits per heavy atom. The van der Waals surface area contributed by atoms with Crippen LogP contribution in [0.15, 0.2) is 17.5 Å². The van der Waals surface area contributed by atoms with E-state index in [1.807, 2.05) is 17.5 Å². The number of aliphatic carboxylic acids is 1. The second-order valence-electron chi connectivity index (χ2n) is 5.26. The number of thiophene rings is 1. The van der Waals surface area contributed by atoms with Gasteiger partial charge in [-0.1, -0.05) is 6.07 Å². The summed E-state index contributed by atoms with van der Waals surface area (Å²) in [6, 6.07) is 3.20. The van der Waals surface area contributed by atoms with Crippen LogP contribution in [0.4, 0.5) is 0 Å². The first-order valence-electron chi connectivity index (χ1n) is 7.13. The van der Waals surface area contributed by atoms with E-state index in [9.17, 15) is 14.7 Å². The van der Waals surface area contributed by atoms with E-state index in [0.717, 1.165) is 22.7 Å². The molecule has 1 aliphatic heterocycles. The summed E-state index contributed by atoms with van der Waals surface area (Å²) < 4.78 is 0. The molecule has 3 rings (SSSR count). The van der Waals surface area contributed by atoms with Crippen LogP contribution in [0.25, 0.3) is 9.88 Å². The predicted molar refractivity (Wildman–Crippen MR) is 86.5 cm³/mol. The van der Waals surface area contributed by atoms with E-state index >= 15 is 0 Å². The molecule has 0 saturated carbocycles. The quantitative estimate of drug-likeness (QED) is 0.934. The van der Waals surface area contributed by atoms with Crippen LogP contribution in [0.1, 0.15) is 34.6 Å². The van der Waals surface area contributed by atoms with Crippen LogP contribution < -0.4 is 0 Å². The van der Waals surface area contributed by atoms with Crippen molar-refractivity contribution in [3.63, 3.8) is 0 Å². The minimum atomic E-state index is -0.923. The summed E-state index contributed by atoms with van der Waals surface area (Å²) in [5.74, 6) is -1.13. The van der Waals surface area contributed by atoms with Gasteiger partial charge >= 0.3 is 5.97 Å². The number of piperidine rings is 1. The van der Waals surface area contributed by atoms with Crippen molar-refractivity contribution in [1.82, 2.24) is 9.88 Å². The highest BCUT2D eigenvalue weighted by Crippen LogP contribution is 2.32. The number of aromatic nitrogens is 1. The monoisotopic (exact) mass is 336 g/mol. The Kier molecular flexibility index (Phi) is 4.26. The standard InChI is InChI=1S/C15H16N2O3S2/c1-9-12(22-13(16-9)11-6-4-8-21-11)14(18)17-7-3-2-5-10(17)15(19)20/h4,6,8,10H,2-3,5,7H2,1H3,(H,19,20)/t10-/m0/s1. The van der Waals surface area contributed by atoms with Crippen molar-refractivity contribution in [2.75, 3.05) is 6.54 Å². The zero-order valence-electron chi connectivity index (χ0n) is 12.1. The Hall–Kier alpha value is -1.73. The maximum Gasteiger partial charge on any atom is 0.326 e. The number of carbonyl (C=O) groups is 2. The summed E-state index contributed by atoms with van der Waals surface area (Å²) >= 11 is 2.93. The second kappa shape index (κ2) is 6.18. The third-order valence-corrected chi connectivity index (χ3v) is 5.96. The van der Waals surface area contributed by atoms with Crippen molar-refractivity contribution in [3.05, 3.63) is 28.1 Å². The lowest BCUT2D eigenvalue weighted by molar-refractivity contribution is -0.143. The van der Waals surface area contributed by atoms with Gasteiger partial charge in [0.15, 0.2) is 0 Å². The molecule has 22 heavy (non-hydrogen) atoms. The van der Waals surface area contributed by atoms with Crippen LogP contribution in [0.5, 0.6) is 0 Å². The predicted octanol–water partition coefficient (Wildman–Crippen LogP) is 3.26. The fourth-order valence-corrected chi connectivity index (χ4v) is 4.48. The molecule has 5 nitrogen and oxygen atoms in total. The molecule has 0 radical (unpaired) electrons. The number of nitrogens with zero attached hydrogens (tertiary/aromatic N) is 2. The van der Waals surface area contributed by atoms with Gasteiger partial charge < -0.3 is 10.0 Å². The summed E-state index contributed by atoms with van der Waals surface area (Å²) in [7, 11) is 0. The molecule has 1 aliphatic rings. The van der Waals surface area contributed by atoms with E-state index < -0.39 is 12.0 Å². The SMILES string of the molecule is Cc1nc(-c2cccs2)sc1C(=O)N1CCCC[C@H]1C(=O)O. The number of thiazole rings is 1. The molecule has 0 unspecified atom stereocenters. The van der Waals surface area contributed by atoms with Crippen LogP contribution in [0.2, 0.25) is 0 Å². The Morgan fingerprint density at radius 1 is 1.41 bits per heavy atom. The van der Waals surface area contributed by atoms with Gasteiger partial charge in [0, 0.05) is 6.54 Å². The number of hydrogen-bond donors (Lipinski definition) is 1. The molecule has 3 heterocycles. The van der Waals surface area contributed by atoms with Gasteiger partial charge in [-0.3, -0.25) is 4.79 Å². The van der Waals surface area contributed by atoms with E-state index in [-0.39, 0.29) is 5.91 Å². The van der Waals surface area contributed by atoms with Crippen LogP contribution >= 0.6 is 22.7 Å². The molecule has 1 amide bonds. The number of carboxylic acids is 1. The topological polar surface area (TPSA) is 70.5 Å². The van der Waals surface area contributed by atoms with Gasteiger partial charge in [0.1, 0.15) is 15.9 Å². The summed E-state index contributed by atoms with van der Waals surface area (Å²) in [5, 5.41) is 12.1. The van der Waals surface area contributed by atoms with Crippen molar-refractivity contribution >= 4 is 34.6 Å². The smallest absolute Gasteiger partial charge is 0.326 e. The molecule has 0 aromatic carbocycles. The van der Waals surface area contributed by atoms with Crippen molar-refractivity contribution in [1.29, 1.82) is 0 Å². The molecule has 1 saturated heterocycles. The average Bonchev–Trinajstić information content (AvgIpc) is 3.15. The van der Waals surface area contributed by atoms with E-state index in [1.54, 1.807) is 18.3 Å². The van der Waals surface area contributed by atoms with Crippen molar-refractivity contribution < 1.29 is 14.7 Å². The highest BCUT2D eigenvalue weighted by atomic mass is 32.1. The summed E-state index contributed by atoms with van der Waals surface area (Å²) in [6.07, 6.45) is 2.23. The molecule has 1 fully saturated rings. The number of carboxylic acid groups (broad SMARTS) is 1. The van der Waals surface area contributed by atoms with Crippen molar-refractivity contribution in [3.8, 4) is 9.88 Å². The molecular formula is C15H16N2O3S2. The first-order chi connectivity index (χ1) is 10.6. The first kappa shape index (κ1) is 15.2. The molecule has 0 bridgehead atoms. The number of rotatable bonds is 3. The second-order valence-corrected chi connectivity index (χ2v) is 7.21. The number of hydrogen-bond acceptors (Lipinski definition) is 5. The third-order valence-electron chi connectivity index (χ3n) is 3.77. The fourth-order valence-electron chi connectivity index (χ4n) is 2.66. The van der Waals surface area contributed by atoms with Crippen LogP contribution in [0.3, 0.4) is 0 Å². The highest BCUT2D eigenvalue weighted by molar-refractivity contribution is 7.22. The molecular weight excluding hydrogens is 320 g/mol. The van der Waals surface area contributed by atoms with Crippen LogP contribution in [0, 0.1) is 6.92 Å². The minimum Gasteiger partial charge on any atom is -0.480 e. The Labute approximate surface area is 136 Å². The fraction of sp³-hybridized carbons (Fsp3) is 0.400. The van der Waals surface area contributed by atoms with Gasteiger partial charge in [-0.05, 0) is 37.6 Å². The van der Waals surface area contributed by atoms with Gasteiger partial charge in [0.25, 0.3) is 5.91 Å². The van der Waals surface area contributed by atoms with E-state index in [2.05, 4.69) is 4.98 Å². The zero-order valence-corrected chi connectivity index (χ0v) is 13.7. The lowest BCUT2D eigenvalue weighted by Gasteiger charge is -2.32. The largest absolute Gasteiger partial charge is 0.480 e. The molecule has 7 heteroatoms. The molecule has 1 atom stereocenters. The lowest BCUT2D eigenvalue weighted by atomic mass is 10.0.